The van der Waals surface area contributed by atoms with Gasteiger partial charge in [0.25, 0.3) is 0 Å². The summed E-state index contributed by atoms with van der Waals surface area (Å²) in [6.45, 7) is 4.44. The average molecular weight is 229 g/mol. The zero-order valence-electron chi connectivity index (χ0n) is 9.81. The van der Waals surface area contributed by atoms with Gasteiger partial charge >= 0.3 is 0 Å². The monoisotopic (exact) mass is 229 g/mol. The van der Waals surface area contributed by atoms with Crippen LogP contribution in [0.2, 0.25) is 0 Å². The Hall–Kier alpha value is -1.16. The van der Waals surface area contributed by atoms with E-state index >= 15 is 0 Å². The maximum atomic E-state index is 13.2. The van der Waals surface area contributed by atoms with Gasteiger partial charge < -0.3 is 10.1 Å². The Kier molecular flexibility index (Phi) is 4.24. The van der Waals surface area contributed by atoms with Crippen molar-refractivity contribution in [1.29, 1.82) is 0 Å². The summed E-state index contributed by atoms with van der Waals surface area (Å²) in [6, 6.07) is 3.30. The Labute approximate surface area is 94.6 Å². The molecule has 16 heavy (non-hydrogen) atoms. The molecule has 0 fully saturated rings. The van der Waals surface area contributed by atoms with E-state index in [9.17, 15) is 8.78 Å². The highest BCUT2D eigenvalue weighted by Crippen LogP contribution is 2.18. The highest BCUT2D eigenvalue weighted by Gasteiger charge is 2.14. The molecule has 90 valence electrons. The third-order valence-electron chi connectivity index (χ3n) is 2.56. The fraction of sp³-hybridized carbons (Fsp3) is 0.500. The lowest BCUT2D eigenvalue weighted by atomic mass is 10.0. The highest BCUT2D eigenvalue weighted by molar-refractivity contribution is 5.24. The van der Waals surface area contributed by atoms with Gasteiger partial charge in [-0.1, -0.05) is 0 Å². The van der Waals surface area contributed by atoms with E-state index in [1.807, 2.05) is 20.9 Å². The maximum Gasteiger partial charge on any atom is 0.167 e. The molecule has 0 radical (unpaired) electrons. The number of hydrogen-bond donors (Lipinski definition) is 1. The molecule has 0 spiro atoms. The van der Waals surface area contributed by atoms with Gasteiger partial charge in [-0.15, -0.1) is 0 Å². The SMILES string of the molecule is CNC(C)(C)CCOc1ccc(F)cc1F. The van der Waals surface area contributed by atoms with Gasteiger partial charge in [0.05, 0.1) is 6.61 Å². The van der Waals surface area contributed by atoms with Gasteiger partial charge in [-0.05, 0) is 39.4 Å². The summed E-state index contributed by atoms with van der Waals surface area (Å²) >= 11 is 0. The first-order valence-corrected chi connectivity index (χ1v) is 5.21. The van der Waals surface area contributed by atoms with Gasteiger partial charge in [-0.3, -0.25) is 0 Å². The van der Waals surface area contributed by atoms with Crippen LogP contribution >= 0.6 is 0 Å². The van der Waals surface area contributed by atoms with E-state index in [4.69, 9.17) is 4.74 Å². The second kappa shape index (κ2) is 5.25. The van der Waals surface area contributed by atoms with Crippen molar-refractivity contribution in [2.45, 2.75) is 25.8 Å². The van der Waals surface area contributed by atoms with Crippen LogP contribution in [-0.4, -0.2) is 19.2 Å². The number of benzene rings is 1. The van der Waals surface area contributed by atoms with Gasteiger partial charge in [-0.25, -0.2) is 8.78 Å². The molecule has 0 aliphatic heterocycles. The van der Waals surface area contributed by atoms with Crippen LogP contribution in [0, 0.1) is 11.6 Å². The third kappa shape index (κ3) is 3.77. The minimum absolute atomic E-state index is 0.0590. The molecule has 2 nitrogen and oxygen atoms in total. The van der Waals surface area contributed by atoms with Crippen LogP contribution in [0.15, 0.2) is 18.2 Å². The highest BCUT2D eigenvalue weighted by atomic mass is 19.1. The van der Waals surface area contributed by atoms with Gasteiger partial charge in [0.2, 0.25) is 0 Å². The van der Waals surface area contributed by atoms with E-state index in [0.717, 1.165) is 12.5 Å². The van der Waals surface area contributed by atoms with Crippen LogP contribution in [0.1, 0.15) is 20.3 Å². The number of nitrogens with one attached hydrogen (secondary N) is 1. The number of halogens is 2. The summed E-state index contributed by atoms with van der Waals surface area (Å²) in [5, 5.41) is 3.12. The standard InChI is InChI=1S/C12H17F2NO/c1-12(2,15-3)6-7-16-11-5-4-9(13)8-10(11)14/h4-5,8,15H,6-7H2,1-3H3. The molecule has 0 aliphatic carbocycles. The van der Waals surface area contributed by atoms with Crippen LogP contribution in [0.4, 0.5) is 8.78 Å². The lowest BCUT2D eigenvalue weighted by Gasteiger charge is -2.23. The van der Waals surface area contributed by atoms with Crippen molar-refractivity contribution in [3.8, 4) is 5.75 Å². The first-order chi connectivity index (χ1) is 7.44. The summed E-state index contributed by atoms with van der Waals surface area (Å²) in [5.41, 5.74) is -0.0590. The summed E-state index contributed by atoms with van der Waals surface area (Å²) in [5.74, 6) is -1.17. The normalized spacial score (nSPS) is 11.6. The molecule has 1 aromatic carbocycles. The predicted octanol–water partition coefficient (Wildman–Crippen LogP) is 2.73. The van der Waals surface area contributed by atoms with Crippen LogP contribution in [-0.2, 0) is 0 Å². The largest absolute Gasteiger partial charge is 0.490 e. The van der Waals surface area contributed by atoms with Gasteiger partial charge in [0, 0.05) is 11.6 Å². The molecule has 0 saturated carbocycles. The molecule has 0 bridgehead atoms. The Bertz CT molecular complexity index is 353. The van der Waals surface area contributed by atoms with E-state index in [-0.39, 0.29) is 11.3 Å². The molecule has 1 rings (SSSR count). The summed E-state index contributed by atoms with van der Waals surface area (Å²) in [7, 11) is 1.86. The van der Waals surface area contributed by atoms with E-state index in [1.165, 1.54) is 12.1 Å². The molecule has 0 aliphatic rings. The van der Waals surface area contributed by atoms with Crippen molar-refractivity contribution in [3.63, 3.8) is 0 Å². The van der Waals surface area contributed by atoms with E-state index in [2.05, 4.69) is 5.32 Å². The molecular weight excluding hydrogens is 212 g/mol. The number of rotatable bonds is 5. The van der Waals surface area contributed by atoms with Crippen LogP contribution < -0.4 is 10.1 Å². The van der Waals surface area contributed by atoms with Crippen molar-refractivity contribution in [3.05, 3.63) is 29.8 Å². The zero-order valence-corrected chi connectivity index (χ0v) is 9.81. The van der Waals surface area contributed by atoms with Gasteiger partial charge in [0.15, 0.2) is 11.6 Å². The molecule has 4 heteroatoms. The van der Waals surface area contributed by atoms with Crippen molar-refractivity contribution in [1.82, 2.24) is 5.32 Å². The molecule has 1 aromatic rings. The van der Waals surface area contributed by atoms with E-state index in [0.29, 0.717) is 6.61 Å². The number of ether oxygens (including phenoxy) is 1. The smallest absolute Gasteiger partial charge is 0.167 e. The Balaban J connectivity index is 2.49. The molecule has 0 amide bonds. The van der Waals surface area contributed by atoms with Crippen LogP contribution in [0.25, 0.3) is 0 Å². The fourth-order valence-corrected chi connectivity index (χ4v) is 1.13. The van der Waals surface area contributed by atoms with Crippen molar-refractivity contribution in [2.75, 3.05) is 13.7 Å². The predicted molar refractivity (Wildman–Crippen MR) is 59.6 cm³/mol. The first-order valence-electron chi connectivity index (χ1n) is 5.21. The maximum absolute atomic E-state index is 13.2. The second-order valence-corrected chi connectivity index (χ2v) is 4.31. The lowest BCUT2D eigenvalue weighted by Crippen LogP contribution is -2.37. The van der Waals surface area contributed by atoms with Crippen LogP contribution in [0.3, 0.4) is 0 Å². The van der Waals surface area contributed by atoms with Crippen LogP contribution in [0.5, 0.6) is 5.75 Å². The van der Waals surface area contributed by atoms with E-state index < -0.39 is 11.6 Å². The molecule has 0 atom stereocenters. The molecule has 1 N–H and O–H groups in total. The molecule has 0 aromatic heterocycles. The molecular formula is C12H17F2NO. The Morgan fingerprint density at radius 2 is 2.00 bits per heavy atom. The van der Waals surface area contributed by atoms with Crippen molar-refractivity contribution >= 4 is 0 Å². The van der Waals surface area contributed by atoms with Crippen molar-refractivity contribution < 1.29 is 13.5 Å². The Morgan fingerprint density at radius 3 is 2.56 bits per heavy atom. The molecule has 0 unspecified atom stereocenters. The third-order valence-corrected chi connectivity index (χ3v) is 2.56. The lowest BCUT2D eigenvalue weighted by molar-refractivity contribution is 0.247. The second-order valence-electron chi connectivity index (χ2n) is 4.31. The zero-order chi connectivity index (χ0) is 12.2. The van der Waals surface area contributed by atoms with Gasteiger partial charge in [-0.2, -0.15) is 0 Å². The Morgan fingerprint density at radius 1 is 1.31 bits per heavy atom. The number of hydrogen-bond acceptors (Lipinski definition) is 2. The molecule has 0 heterocycles. The summed E-state index contributed by atoms with van der Waals surface area (Å²) in [4.78, 5) is 0. The average Bonchev–Trinajstić information content (AvgIpc) is 2.21. The van der Waals surface area contributed by atoms with Crippen molar-refractivity contribution in [2.24, 2.45) is 0 Å². The van der Waals surface area contributed by atoms with E-state index in [1.54, 1.807) is 0 Å². The quantitative estimate of drug-likeness (QED) is 0.838. The minimum Gasteiger partial charge on any atom is -0.490 e. The minimum atomic E-state index is -0.665. The first kappa shape index (κ1) is 12.9. The summed E-state index contributed by atoms with van der Waals surface area (Å²) in [6.07, 6.45) is 0.736. The fourth-order valence-electron chi connectivity index (χ4n) is 1.13. The molecule has 0 saturated heterocycles. The summed E-state index contributed by atoms with van der Waals surface area (Å²) < 4.78 is 31.0. The van der Waals surface area contributed by atoms with Gasteiger partial charge in [0.1, 0.15) is 5.82 Å². The topological polar surface area (TPSA) is 21.3 Å².